The van der Waals surface area contributed by atoms with Crippen molar-refractivity contribution in [2.45, 2.75) is 5.03 Å². The summed E-state index contributed by atoms with van der Waals surface area (Å²) in [5.41, 5.74) is 1.55. The maximum atomic E-state index is 11.4. The summed E-state index contributed by atoms with van der Waals surface area (Å²) in [5.74, 6) is 0.246. The van der Waals surface area contributed by atoms with Crippen molar-refractivity contribution >= 4 is 40.3 Å². The number of halogens is 1. The van der Waals surface area contributed by atoms with Gasteiger partial charge < -0.3 is 5.32 Å². The summed E-state index contributed by atoms with van der Waals surface area (Å²) >= 11 is 7.26. The zero-order valence-electron chi connectivity index (χ0n) is 11.7. The Morgan fingerprint density at radius 2 is 2.09 bits per heavy atom. The Hall–Kier alpha value is -2.12. The third-order valence-corrected chi connectivity index (χ3v) is 4.28. The molecule has 0 aliphatic heterocycles. The number of hydrogen-bond acceptors (Lipinski definition) is 5. The number of thioether (sulfide) groups is 1. The van der Waals surface area contributed by atoms with Gasteiger partial charge >= 0.3 is 0 Å². The molecule has 3 aromatic rings. The first kappa shape index (κ1) is 14.8. The van der Waals surface area contributed by atoms with Crippen molar-refractivity contribution in [3.05, 3.63) is 41.8 Å². The third-order valence-electron chi connectivity index (χ3n) is 3.02. The molecule has 0 bridgehead atoms. The van der Waals surface area contributed by atoms with E-state index in [1.807, 2.05) is 12.1 Å². The van der Waals surface area contributed by atoms with Crippen molar-refractivity contribution in [3.8, 4) is 5.69 Å². The van der Waals surface area contributed by atoms with Crippen LogP contribution in [0.15, 0.2) is 41.8 Å². The average Bonchev–Trinajstić information content (AvgIpc) is 2.98. The van der Waals surface area contributed by atoms with E-state index >= 15 is 0 Å². The molecule has 22 heavy (non-hydrogen) atoms. The van der Waals surface area contributed by atoms with E-state index in [0.29, 0.717) is 16.4 Å². The summed E-state index contributed by atoms with van der Waals surface area (Å²) in [6.45, 7) is 0. The predicted octanol–water partition coefficient (Wildman–Crippen LogP) is 2.31. The van der Waals surface area contributed by atoms with Gasteiger partial charge in [-0.25, -0.2) is 14.6 Å². The standard InChI is InChI=1S/C14H12ClN5OS/c1-16-12(21)7-22-14-11-6-19-20(13(11)17-8-18-14)10-4-2-9(15)3-5-10/h2-6,8H,7H2,1H3,(H,16,21). The van der Waals surface area contributed by atoms with Crippen molar-refractivity contribution in [1.82, 2.24) is 25.1 Å². The van der Waals surface area contributed by atoms with E-state index in [1.54, 1.807) is 30.1 Å². The Balaban J connectivity index is 1.98. The normalized spacial score (nSPS) is 10.8. The number of carbonyl (C=O) groups is 1. The molecule has 8 heteroatoms. The Morgan fingerprint density at radius 1 is 1.32 bits per heavy atom. The third kappa shape index (κ3) is 2.90. The highest BCUT2D eigenvalue weighted by atomic mass is 35.5. The van der Waals surface area contributed by atoms with Crippen molar-refractivity contribution < 1.29 is 4.79 Å². The number of nitrogens with zero attached hydrogens (tertiary/aromatic N) is 4. The van der Waals surface area contributed by atoms with Crippen molar-refractivity contribution in [3.63, 3.8) is 0 Å². The molecule has 0 aliphatic rings. The molecule has 2 aromatic heterocycles. The summed E-state index contributed by atoms with van der Waals surface area (Å²) < 4.78 is 1.72. The first-order chi connectivity index (χ1) is 10.7. The van der Waals surface area contributed by atoms with Crippen LogP contribution in [0.5, 0.6) is 0 Å². The van der Waals surface area contributed by atoms with Gasteiger partial charge in [0.15, 0.2) is 5.65 Å². The second kappa shape index (κ2) is 6.33. The summed E-state index contributed by atoms with van der Waals surface area (Å²) in [6, 6.07) is 7.34. The summed E-state index contributed by atoms with van der Waals surface area (Å²) in [4.78, 5) is 19.9. The fourth-order valence-electron chi connectivity index (χ4n) is 1.91. The molecule has 0 unspecified atom stereocenters. The topological polar surface area (TPSA) is 72.7 Å². The van der Waals surface area contributed by atoms with E-state index in [4.69, 9.17) is 11.6 Å². The van der Waals surface area contributed by atoms with Gasteiger partial charge in [-0.15, -0.1) is 0 Å². The van der Waals surface area contributed by atoms with Gasteiger partial charge in [-0.1, -0.05) is 23.4 Å². The lowest BCUT2D eigenvalue weighted by molar-refractivity contribution is -0.118. The van der Waals surface area contributed by atoms with Gasteiger partial charge in [-0.05, 0) is 24.3 Å². The van der Waals surface area contributed by atoms with Crippen LogP contribution in [0, 0.1) is 0 Å². The van der Waals surface area contributed by atoms with Gasteiger partial charge in [0, 0.05) is 12.1 Å². The van der Waals surface area contributed by atoms with Crippen molar-refractivity contribution in [2.75, 3.05) is 12.8 Å². The molecule has 3 rings (SSSR count). The molecule has 0 atom stereocenters. The number of aromatic nitrogens is 4. The molecule has 2 heterocycles. The van der Waals surface area contributed by atoms with Crippen LogP contribution in [0.25, 0.3) is 16.7 Å². The minimum Gasteiger partial charge on any atom is -0.358 e. The Labute approximate surface area is 135 Å². The Morgan fingerprint density at radius 3 is 2.82 bits per heavy atom. The number of benzene rings is 1. The van der Waals surface area contributed by atoms with Gasteiger partial charge in [0.1, 0.15) is 11.4 Å². The number of amides is 1. The molecule has 0 saturated heterocycles. The highest BCUT2D eigenvalue weighted by molar-refractivity contribution is 8.00. The molecular weight excluding hydrogens is 322 g/mol. The molecule has 1 aromatic carbocycles. The van der Waals surface area contributed by atoms with Crippen LogP contribution in [0.3, 0.4) is 0 Å². The molecule has 0 saturated carbocycles. The van der Waals surface area contributed by atoms with E-state index in [9.17, 15) is 4.79 Å². The van der Waals surface area contributed by atoms with Crippen LogP contribution in [-0.2, 0) is 4.79 Å². The van der Waals surface area contributed by atoms with Crippen LogP contribution >= 0.6 is 23.4 Å². The van der Waals surface area contributed by atoms with E-state index in [0.717, 1.165) is 16.1 Å². The Kier molecular flexibility index (Phi) is 4.26. The highest BCUT2D eigenvalue weighted by Crippen LogP contribution is 2.25. The molecule has 0 aliphatic carbocycles. The number of rotatable bonds is 4. The highest BCUT2D eigenvalue weighted by Gasteiger charge is 2.12. The Bertz CT molecular complexity index is 818. The fraction of sp³-hybridized carbons (Fsp3) is 0.143. The quantitative estimate of drug-likeness (QED) is 0.586. The molecule has 0 fully saturated rings. The number of hydrogen-bond donors (Lipinski definition) is 1. The predicted molar refractivity (Wildman–Crippen MR) is 86.5 cm³/mol. The van der Waals surface area contributed by atoms with E-state index in [1.165, 1.54) is 18.1 Å². The molecule has 0 radical (unpaired) electrons. The largest absolute Gasteiger partial charge is 0.358 e. The molecule has 1 N–H and O–H groups in total. The fourth-order valence-corrected chi connectivity index (χ4v) is 2.87. The molecule has 112 valence electrons. The smallest absolute Gasteiger partial charge is 0.230 e. The zero-order valence-corrected chi connectivity index (χ0v) is 13.2. The van der Waals surface area contributed by atoms with Crippen LogP contribution in [0.1, 0.15) is 0 Å². The zero-order chi connectivity index (χ0) is 15.5. The number of carbonyl (C=O) groups excluding carboxylic acids is 1. The second-order valence-electron chi connectivity index (χ2n) is 4.41. The number of nitrogens with one attached hydrogen (secondary N) is 1. The number of fused-ring (bicyclic) bond motifs is 1. The SMILES string of the molecule is CNC(=O)CSc1ncnc2c1cnn2-c1ccc(Cl)cc1. The second-order valence-corrected chi connectivity index (χ2v) is 5.81. The molecular formula is C14H12ClN5OS. The van der Waals surface area contributed by atoms with Crippen molar-refractivity contribution in [1.29, 1.82) is 0 Å². The minimum atomic E-state index is -0.0538. The summed E-state index contributed by atoms with van der Waals surface area (Å²) in [5, 5.41) is 9.15. The maximum absolute atomic E-state index is 11.4. The van der Waals surface area contributed by atoms with Gasteiger partial charge in [0.25, 0.3) is 0 Å². The van der Waals surface area contributed by atoms with E-state index < -0.39 is 0 Å². The van der Waals surface area contributed by atoms with Gasteiger partial charge in [0.2, 0.25) is 5.91 Å². The lowest BCUT2D eigenvalue weighted by Gasteiger charge is -2.04. The lowest BCUT2D eigenvalue weighted by Crippen LogP contribution is -2.19. The maximum Gasteiger partial charge on any atom is 0.230 e. The van der Waals surface area contributed by atoms with Gasteiger partial charge in [-0.2, -0.15) is 5.10 Å². The van der Waals surface area contributed by atoms with Crippen LogP contribution in [0.2, 0.25) is 5.02 Å². The van der Waals surface area contributed by atoms with E-state index in [-0.39, 0.29) is 5.91 Å². The molecule has 1 amide bonds. The monoisotopic (exact) mass is 333 g/mol. The van der Waals surface area contributed by atoms with Crippen LogP contribution in [0.4, 0.5) is 0 Å². The van der Waals surface area contributed by atoms with Crippen LogP contribution in [-0.4, -0.2) is 38.5 Å². The first-order valence-electron chi connectivity index (χ1n) is 6.47. The lowest BCUT2D eigenvalue weighted by atomic mass is 10.3. The van der Waals surface area contributed by atoms with Gasteiger partial charge in [-0.3, -0.25) is 4.79 Å². The van der Waals surface area contributed by atoms with Crippen molar-refractivity contribution in [2.24, 2.45) is 0 Å². The average molecular weight is 334 g/mol. The van der Waals surface area contributed by atoms with E-state index in [2.05, 4.69) is 20.4 Å². The molecule has 0 spiro atoms. The summed E-state index contributed by atoms with van der Waals surface area (Å²) in [6.07, 6.45) is 3.18. The molecule has 6 nitrogen and oxygen atoms in total. The van der Waals surface area contributed by atoms with Gasteiger partial charge in [0.05, 0.1) is 23.0 Å². The van der Waals surface area contributed by atoms with Crippen LogP contribution < -0.4 is 5.32 Å². The minimum absolute atomic E-state index is 0.0538. The summed E-state index contributed by atoms with van der Waals surface area (Å²) in [7, 11) is 1.61. The first-order valence-corrected chi connectivity index (χ1v) is 7.83.